The first-order chi connectivity index (χ1) is 14.7. The van der Waals surface area contributed by atoms with E-state index >= 15 is 0 Å². The van der Waals surface area contributed by atoms with Crippen molar-refractivity contribution in [2.75, 3.05) is 0 Å². The lowest BCUT2D eigenvalue weighted by atomic mass is 9.87. The summed E-state index contributed by atoms with van der Waals surface area (Å²) in [5.74, 6) is 0. The fourth-order valence-corrected chi connectivity index (χ4v) is 4.27. The zero-order valence-electron chi connectivity index (χ0n) is 16.3. The van der Waals surface area contributed by atoms with E-state index in [9.17, 15) is 0 Å². The number of rotatable bonds is 1. The number of hydrogen-bond acceptors (Lipinski definition) is 3. The molecule has 5 heterocycles. The third-order valence-corrected chi connectivity index (χ3v) is 5.70. The van der Waals surface area contributed by atoms with E-state index in [1.807, 2.05) is 6.08 Å². The Balaban J connectivity index is 1.54. The molecule has 4 aliphatic heterocycles. The predicted molar refractivity (Wildman–Crippen MR) is 122 cm³/mol. The maximum Gasteiger partial charge on any atom is 0.0868 e. The second-order valence-electron chi connectivity index (χ2n) is 7.86. The number of H-pyrrole nitrogens is 1. The molecule has 4 nitrogen and oxygen atoms in total. The molecule has 0 spiro atoms. The first-order valence-electron chi connectivity index (χ1n) is 10.1. The molecular weight excluding hydrogens is 368 g/mol. The highest BCUT2D eigenvalue weighted by Gasteiger charge is 2.34. The van der Waals surface area contributed by atoms with Crippen molar-refractivity contribution in [1.29, 1.82) is 0 Å². The Labute approximate surface area is 174 Å². The minimum absolute atomic E-state index is 0.329. The third-order valence-electron chi connectivity index (χ3n) is 5.70. The van der Waals surface area contributed by atoms with E-state index in [0.717, 1.165) is 45.6 Å². The van der Waals surface area contributed by atoms with Gasteiger partial charge in [-0.25, -0.2) is 9.98 Å². The molecular formula is C26H20N4. The Morgan fingerprint density at radius 1 is 0.733 bits per heavy atom. The molecule has 1 unspecified atom stereocenters. The topological polar surface area (TPSA) is 52.5 Å². The first-order valence-corrected chi connectivity index (χ1v) is 10.1. The van der Waals surface area contributed by atoms with Crippen LogP contribution >= 0.6 is 0 Å². The normalized spacial score (nSPS) is 29.3. The van der Waals surface area contributed by atoms with Crippen LogP contribution in [0.5, 0.6) is 0 Å². The standard InChI is InChI=1S/C26H20N4/c1-2-4-18(5-3-1)26-13-12-24(30-26)16-23-9-8-20(28-23)14-19-6-7-21(27-19)15-22-10-11-25(17-26)29-22/h1-12,14-17,27,30H,13H2/b19-14-,21-15-,23-16-,25-17-. The van der Waals surface area contributed by atoms with Gasteiger partial charge in [0.1, 0.15) is 0 Å². The maximum atomic E-state index is 4.85. The van der Waals surface area contributed by atoms with Crippen molar-refractivity contribution in [3.63, 3.8) is 0 Å². The molecule has 4 heteroatoms. The largest absolute Gasteiger partial charge is 0.372 e. The second-order valence-corrected chi connectivity index (χ2v) is 7.86. The lowest BCUT2D eigenvalue weighted by Gasteiger charge is -2.28. The van der Waals surface area contributed by atoms with Gasteiger partial charge in [-0.3, -0.25) is 0 Å². The van der Waals surface area contributed by atoms with Crippen molar-refractivity contribution in [2.45, 2.75) is 12.0 Å². The van der Waals surface area contributed by atoms with Crippen LogP contribution in [0.3, 0.4) is 0 Å². The van der Waals surface area contributed by atoms with Gasteiger partial charge < -0.3 is 10.3 Å². The molecule has 1 aromatic carbocycles. The molecule has 30 heavy (non-hydrogen) atoms. The van der Waals surface area contributed by atoms with Gasteiger partial charge in [0.25, 0.3) is 0 Å². The molecule has 8 bridgehead atoms. The summed E-state index contributed by atoms with van der Waals surface area (Å²) in [5, 5.41) is 5.80. The second kappa shape index (κ2) is 6.56. The zero-order chi connectivity index (χ0) is 20.0. The Kier molecular flexibility index (Phi) is 3.71. The van der Waals surface area contributed by atoms with E-state index in [1.54, 1.807) is 0 Å². The van der Waals surface area contributed by atoms with Crippen molar-refractivity contribution in [1.82, 2.24) is 10.3 Å². The number of aromatic nitrogens is 1. The fraction of sp³-hybridized carbons (Fsp3) is 0.0769. The van der Waals surface area contributed by atoms with Crippen molar-refractivity contribution in [2.24, 2.45) is 9.98 Å². The predicted octanol–water partition coefficient (Wildman–Crippen LogP) is 3.15. The maximum absolute atomic E-state index is 4.85. The summed E-state index contributed by atoms with van der Waals surface area (Å²) in [5.41, 5.74) is 5.76. The number of benzene rings is 1. The van der Waals surface area contributed by atoms with Crippen LogP contribution in [0, 0.1) is 0 Å². The van der Waals surface area contributed by atoms with E-state index in [4.69, 9.17) is 9.98 Å². The number of aliphatic imine (C=N–C) groups is 2. The number of fused-ring (bicyclic) bond motifs is 6. The number of allylic oxidation sites excluding steroid dienone is 5. The molecule has 6 rings (SSSR count). The van der Waals surface area contributed by atoms with Gasteiger partial charge in [0.05, 0.1) is 28.4 Å². The van der Waals surface area contributed by atoms with Crippen LogP contribution in [0.2, 0.25) is 0 Å². The van der Waals surface area contributed by atoms with Gasteiger partial charge in [0.2, 0.25) is 0 Å². The molecule has 0 amide bonds. The van der Waals surface area contributed by atoms with E-state index in [0.29, 0.717) is 0 Å². The lowest BCUT2D eigenvalue weighted by Crippen LogP contribution is -2.35. The van der Waals surface area contributed by atoms with Crippen LogP contribution in [0.25, 0.3) is 12.2 Å². The highest BCUT2D eigenvalue weighted by molar-refractivity contribution is 6.20. The molecule has 0 saturated carbocycles. The summed E-state index contributed by atoms with van der Waals surface area (Å²) < 4.78 is 0. The van der Waals surface area contributed by atoms with Crippen LogP contribution < -0.4 is 16.0 Å². The SMILES string of the molecule is C1=C/C2=C/C3=CCC(c4ccccc4)(/C=C4/C=CC(=N4)/C=c4/cc/c([nH]4)=C/C1=N2)N3. The minimum Gasteiger partial charge on any atom is -0.372 e. The Morgan fingerprint density at radius 3 is 2.20 bits per heavy atom. The molecule has 4 aliphatic rings. The number of aromatic amines is 1. The Bertz CT molecular complexity index is 1370. The molecule has 0 aliphatic carbocycles. The van der Waals surface area contributed by atoms with Gasteiger partial charge >= 0.3 is 0 Å². The Hall–Kier alpha value is -3.92. The van der Waals surface area contributed by atoms with Gasteiger partial charge in [-0.1, -0.05) is 36.4 Å². The van der Waals surface area contributed by atoms with Gasteiger partial charge in [-0.15, -0.1) is 0 Å². The first kappa shape index (κ1) is 17.0. The minimum atomic E-state index is -0.329. The zero-order valence-corrected chi connectivity index (χ0v) is 16.3. The van der Waals surface area contributed by atoms with Crippen LogP contribution in [0.1, 0.15) is 12.0 Å². The molecule has 2 aromatic rings. The van der Waals surface area contributed by atoms with Crippen molar-refractivity contribution < 1.29 is 0 Å². The number of hydrogen-bond donors (Lipinski definition) is 2. The molecule has 2 N–H and O–H groups in total. The van der Waals surface area contributed by atoms with E-state index in [1.165, 1.54) is 5.56 Å². The van der Waals surface area contributed by atoms with Crippen LogP contribution in [0.4, 0.5) is 0 Å². The fourth-order valence-electron chi connectivity index (χ4n) is 4.27. The summed E-state index contributed by atoms with van der Waals surface area (Å²) in [6, 6.07) is 14.7. The van der Waals surface area contributed by atoms with Crippen molar-refractivity contribution in [3.8, 4) is 0 Å². The average molecular weight is 388 g/mol. The molecule has 144 valence electrons. The molecule has 0 fully saturated rings. The van der Waals surface area contributed by atoms with Crippen LogP contribution in [-0.2, 0) is 5.54 Å². The van der Waals surface area contributed by atoms with E-state index in [2.05, 4.69) is 101 Å². The summed E-state index contributed by atoms with van der Waals surface area (Å²) in [7, 11) is 0. The van der Waals surface area contributed by atoms with Gasteiger partial charge in [0, 0.05) is 16.4 Å². The number of nitrogens with zero attached hydrogens (tertiary/aromatic N) is 2. The summed E-state index contributed by atoms with van der Waals surface area (Å²) >= 11 is 0. The van der Waals surface area contributed by atoms with Gasteiger partial charge in [0.15, 0.2) is 0 Å². The van der Waals surface area contributed by atoms with E-state index < -0.39 is 0 Å². The summed E-state index contributed by atoms with van der Waals surface area (Å²) in [4.78, 5) is 13.0. The van der Waals surface area contributed by atoms with Crippen molar-refractivity contribution >= 4 is 23.6 Å². The molecule has 0 radical (unpaired) electrons. The number of nitrogens with one attached hydrogen (secondary N) is 2. The smallest absolute Gasteiger partial charge is 0.0868 e. The highest BCUT2D eigenvalue weighted by Crippen LogP contribution is 2.36. The van der Waals surface area contributed by atoms with Crippen molar-refractivity contribution in [3.05, 3.63) is 118 Å². The quantitative estimate of drug-likeness (QED) is 0.775. The summed E-state index contributed by atoms with van der Waals surface area (Å²) in [6.45, 7) is 0. The average Bonchev–Trinajstić information content (AvgIpc) is 3.54. The van der Waals surface area contributed by atoms with Crippen LogP contribution in [0.15, 0.2) is 112 Å². The van der Waals surface area contributed by atoms with Crippen LogP contribution in [-0.4, -0.2) is 16.4 Å². The Morgan fingerprint density at radius 2 is 1.43 bits per heavy atom. The molecule has 1 aromatic heterocycles. The lowest BCUT2D eigenvalue weighted by molar-refractivity contribution is 0.504. The third kappa shape index (κ3) is 3.03. The highest BCUT2D eigenvalue weighted by atomic mass is 15.0. The molecule has 0 saturated heterocycles. The van der Waals surface area contributed by atoms with Gasteiger partial charge in [-0.2, -0.15) is 0 Å². The molecule has 1 atom stereocenters. The van der Waals surface area contributed by atoms with Gasteiger partial charge in [-0.05, 0) is 72.7 Å². The monoisotopic (exact) mass is 388 g/mol. The van der Waals surface area contributed by atoms with E-state index in [-0.39, 0.29) is 5.54 Å². The summed E-state index contributed by atoms with van der Waals surface area (Å²) in [6.07, 6.45) is 19.8.